The maximum atomic E-state index is 10.5. The Morgan fingerprint density at radius 2 is 2.23 bits per heavy atom. The van der Waals surface area contributed by atoms with Gasteiger partial charge in [-0.15, -0.1) is 0 Å². The fourth-order valence-corrected chi connectivity index (χ4v) is 0.866. The van der Waals surface area contributed by atoms with Gasteiger partial charge in [0.15, 0.2) is 0 Å². The van der Waals surface area contributed by atoms with E-state index in [1.807, 2.05) is 0 Å². The summed E-state index contributed by atoms with van der Waals surface area (Å²) >= 11 is 0. The molecule has 13 heavy (non-hydrogen) atoms. The van der Waals surface area contributed by atoms with Gasteiger partial charge in [0.1, 0.15) is 5.75 Å². The summed E-state index contributed by atoms with van der Waals surface area (Å²) in [5.74, 6) is 5.22. The Morgan fingerprint density at radius 1 is 1.54 bits per heavy atom. The summed E-state index contributed by atoms with van der Waals surface area (Å²) in [5, 5.41) is 10.5. The summed E-state index contributed by atoms with van der Waals surface area (Å²) < 4.78 is 4.80. The van der Waals surface area contributed by atoms with Crippen molar-refractivity contribution in [2.45, 2.75) is 0 Å². The van der Waals surface area contributed by atoms with Crippen LogP contribution in [0.25, 0.3) is 0 Å². The van der Waals surface area contributed by atoms with Crippen LogP contribution in [-0.2, 0) is 0 Å². The zero-order chi connectivity index (χ0) is 9.84. The average Bonchev–Trinajstić information content (AvgIpc) is 2.16. The molecule has 0 saturated carbocycles. The molecule has 0 aromatic heterocycles. The Kier molecular flexibility index (Phi) is 2.65. The molecule has 0 heterocycles. The molecule has 70 valence electrons. The van der Waals surface area contributed by atoms with Crippen LogP contribution in [-0.4, -0.2) is 12.0 Å². The molecule has 0 bridgehead atoms. The molecule has 0 unspecified atom stereocenters. The van der Waals surface area contributed by atoms with Crippen molar-refractivity contribution in [3.8, 4) is 11.5 Å². The molecule has 1 rings (SSSR count). The van der Waals surface area contributed by atoms with E-state index < -0.39 is 4.92 Å². The van der Waals surface area contributed by atoms with E-state index in [1.54, 1.807) is 0 Å². The Morgan fingerprint density at radius 3 is 2.69 bits per heavy atom. The van der Waals surface area contributed by atoms with Crippen LogP contribution in [0.1, 0.15) is 0 Å². The molecule has 0 aliphatic rings. The van der Waals surface area contributed by atoms with Crippen molar-refractivity contribution in [1.82, 2.24) is 0 Å². The van der Waals surface area contributed by atoms with Crippen molar-refractivity contribution in [2.24, 2.45) is 5.90 Å². The van der Waals surface area contributed by atoms with E-state index in [0.29, 0.717) is 5.75 Å². The fraction of sp³-hybridized carbons (Fsp3) is 0.143. The molecule has 0 saturated heterocycles. The average molecular weight is 184 g/mol. The Labute approximate surface area is 74.0 Å². The quantitative estimate of drug-likeness (QED) is 0.555. The molecule has 6 nitrogen and oxygen atoms in total. The lowest BCUT2D eigenvalue weighted by Crippen LogP contribution is -2.04. The number of hydrogen-bond donors (Lipinski definition) is 1. The van der Waals surface area contributed by atoms with Crippen LogP contribution in [0.4, 0.5) is 5.69 Å². The second kappa shape index (κ2) is 3.72. The number of methoxy groups -OCH3 is 1. The summed E-state index contributed by atoms with van der Waals surface area (Å²) in [4.78, 5) is 14.2. The minimum absolute atomic E-state index is 0.00537. The van der Waals surface area contributed by atoms with E-state index in [9.17, 15) is 10.1 Å². The predicted molar refractivity (Wildman–Crippen MR) is 44.5 cm³/mol. The van der Waals surface area contributed by atoms with Crippen molar-refractivity contribution in [3.63, 3.8) is 0 Å². The van der Waals surface area contributed by atoms with Gasteiger partial charge in [0, 0.05) is 0 Å². The molecule has 0 aliphatic carbocycles. The molecular weight excluding hydrogens is 176 g/mol. The molecule has 6 heteroatoms. The largest absolute Gasteiger partial charge is 0.496 e. The maximum Gasteiger partial charge on any atom is 0.317 e. The summed E-state index contributed by atoms with van der Waals surface area (Å²) in [6.07, 6.45) is 0. The lowest BCUT2D eigenvalue weighted by Gasteiger charge is -2.02. The van der Waals surface area contributed by atoms with Crippen molar-refractivity contribution >= 4 is 5.69 Å². The topological polar surface area (TPSA) is 87.6 Å². The van der Waals surface area contributed by atoms with Crippen molar-refractivity contribution in [1.29, 1.82) is 0 Å². The molecule has 1 aromatic carbocycles. The van der Waals surface area contributed by atoms with Gasteiger partial charge in [-0.2, -0.15) is 5.90 Å². The minimum atomic E-state index is -0.593. The summed E-state index contributed by atoms with van der Waals surface area (Å²) in [6, 6.07) is 4.13. The molecule has 0 spiro atoms. The minimum Gasteiger partial charge on any atom is -0.496 e. The number of nitrogens with zero attached hydrogens (tertiary/aromatic N) is 1. The lowest BCUT2D eigenvalue weighted by atomic mass is 10.3. The second-order valence-electron chi connectivity index (χ2n) is 2.21. The molecule has 0 aliphatic heterocycles. The fourth-order valence-electron chi connectivity index (χ4n) is 0.866. The summed E-state index contributed by atoms with van der Waals surface area (Å²) in [5.41, 5.74) is -0.221. The normalized spacial score (nSPS) is 9.38. The predicted octanol–water partition coefficient (Wildman–Crippen LogP) is 0.856. The second-order valence-corrected chi connectivity index (χ2v) is 2.21. The standard InChI is InChI=1S/C7H8N2O4/c1-12-5-2-3-7(13-8)6(4-5)9(10)11/h2-4H,8H2,1H3. The molecular formula is C7H8N2O4. The highest BCUT2D eigenvalue weighted by Gasteiger charge is 2.15. The van der Waals surface area contributed by atoms with E-state index in [-0.39, 0.29) is 11.4 Å². The van der Waals surface area contributed by atoms with Crippen LogP contribution < -0.4 is 15.5 Å². The number of nitro groups is 1. The lowest BCUT2D eigenvalue weighted by molar-refractivity contribution is -0.386. The van der Waals surface area contributed by atoms with Gasteiger partial charge in [-0.25, -0.2) is 0 Å². The zero-order valence-electron chi connectivity index (χ0n) is 6.89. The highest BCUT2D eigenvalue weighted by atomic mass is 16.6. The number of rotatable bonds is 3. The third kappa shape index (κ3) is 1.85. The first-order chi connectivity index (χ1) is 6.19. The van der Waals surface area contributed by atoms with Gasteiger partial charge in [0.25, 0.3) is 0 Å². The molecule has 0 atom stereocenters. The number of ether oxygens (including phenoxy) is 1. The highest BCUT2D eigenvalue weighted by Crippen LogP contribution is 2.29. The number of hydrogen-bond acceptors (Lipinski definition) is 5. The summed E-state index contributed by atoms with van der Waals surface area (Å²) in [7, 11) is 1.42. The highest BCUT2D eigenvalue weighted by molar-refractivity contribution is 5.50. The third-order valence-electron chi connectivity index (χ3n) is 1.49. The molecule has 1 aromatic rings. The van der Waals surface area contributed by atoms with Gasteiger partial charge in [-0.3, -0.25) is 10.1 Å². The zero-order valence-corrected chi connectivity index (χ0v) is 6.89. The van der Waals surface area contributed by atoms with Gasteiger partial charge >= 0.3 is 5.69 Å². The van der Waals surface area contributed by atoms with Gasteiger partial charge < -0.3 is 9.57 Å². The first-order valence-electron chi connectivity index (χ1n) is 3.38. The summed E-state index contributed by atoms with van der Waals surface area (Å²) in [6.45, 7) is 0. The Hall–Kier alpha value is -1.82. The SMILES string of the molecule is COc1ccc(ON)c([N+](=O)[O-])c1. The van der Waals surface area contributed by atoms with Gasteiger partial charge in [0.05, 0.1) is 18.1 Å². The van der Waals surface area contributed by atoms with Crippen LogP contribution in [0.5, 0.6) is 11.5 Å². The molecule has 0 fully saturated rings. The molecule has 0 amide bonds. The van der Waals surface area contributed by atoms with Gasteiger partial charge in [-0.05, 0) is 12.1 Å². The third-order valence-corrected chi connectivity index (χ3v) is 1.49. The Balaban J connectivity index is 3.18. The van der Waals surface area contributed by atoms with Gasteiger partial charge in [0.2, 0.25) is 5.75 Å². The maximum absolute atomic E-state index is 10.5. The Bertz CT molecular complexity index is 326. The van der Waals surface area contributed by atoms with Crippen molar-refractivity contribution < 1.29 is 14.5 Å². The first-order valence-corrected chi connectivity index (χ1v) is 3.38. The van der Waals surface area contributed by atoms with Crippen LogP contribution in [0.3, 0.4) is 0 Å². The number of nitro benzene ring substituents is 1. The van der Waals surface area contributed by atoms with E-state index in [4.69, 9.17) is 10.6 Å². The number of nitrogens with two attached hydrogens (primary N) is 1. The van der Waals surface area contributed by atoms with E-state index in [0.717, 1.165) is 0 Å². The van der Waals surface area contributed by atoms with E-state index >= 15 is 0 Å². The monoisotopic (exact) mass is 184 g/mol. The first kappa shape index (κ1) is 9.27. The van der Waals surface area contributed by atoms with Crippen molar-refractivity contribution in [3.05, 3.63) is 28.3 Å². The smallest absolute Gasteiger partial charge is 0.317 e. The number of benzene rings is 1. The van der Waals surface area contributed by atoms with E-state index in [2.05, 4.69) is 4.84 Å². The van der Waals surface area contributed by atoms with Gasteiger partial charge in [-0.1, -0.05) is 0 Å². The molecule has 0 radical (unpaired) electrons. The van der Waals surface area contributed by atoms with Crippen molar-refractivity contribution in [2.75, 3.05) is 7.11 Å². The van der Waals surface area contributed by atoms with Crippen LogP contribution in [0.15, 0.2) is 18.2 Å². The van der Waals surface area contributed by atoms with Crippen LogP contribution in [0, 0.1) is 10.1 Å². The van der Waals surface area contributed by atoms with Crippen LogP contribution in [0.2, 0.25) is 0 Å². The van der Waals surface area contributed by atoms with Crippen LogP contribution >= 0.6 is 0 Å². The molecule has 2 N–H and O–H groups in total. The van der Waals surface area contributed by atoms with E-state index in [1.165, 1.54) is 25.3 Å².